The second-order valence-electron chi connectivity index (χ2n) is 7.30. The SMILES string of the molecule is C[C@H]1CCCN(CCCNC(=O)c2ccc(N3CCOCC3)cc2)C1. The first-order valence-electron chi connectivity index (χ1n) is 9.65. The molecule has 2 aliphatic heterocycles. The minimum Gasteiger partial charge on any atom is -0.378 e. The molecule has 138 valence electrons. The molecular weight excluding hydrogens is 314 g/mol. The summed E-state index contributed by atoms with van der Waals surface area (Å²) in [5, 5.41) is 3.05. The van der Waals surface area contributed by atoms with Gasteiger partial charge in [-0.15, -0.1) is 0 Å². The van der Waals surface area contributed by atoms with Crippen molar-refractivity contribution in [3.63, 3.8) is 0 Å². The fourth-order valence-electron chi connectivity index (χ4n) is 3.74. The van der Waals surface area contributed by atoms with Crippen molar-refractivity contribution in [1.29, 1.82) is 0 Å². The lowest BCUT2D eigenvalue weighted by Crippen LogP contribution is -2.36. The maximum absolute atomic E-state index is 12.3. The van der Waals surface area contributed by atoms with Crippen molar-refractivity contribution in [3.05, 3.63) is 29.8 Å². The molecule has 5 heteroatoms. The van der Waals surface area contributed by atoms with Crippen LogP contribution in [0.1, 0.15) is 36.5 Å². The molecule has 0 unspecified atom stereocenters. The van der Waals surface area contributed by atoms with Crippen LogP contribution in [0.4, 0.5) is 5.69 Å². The van der Waals surface area contributed by atoms with Crippen LogP contribution in [0.15, 0.2) is 24.3 Å². The van der Waals surface area contributed by atoms with Gasteiger partial charge in [-0.1, -0.05) is 6.92 Å². The van der Waals surface area contributed by atoms with Gasteiger partial charge in [-0.05, 0) is 62.5 Å². The van der Waals surface area contributed by atoms with Crippen molar-refractivity contribution >= 4 is 11.6 Å². The largest absolute Gasteiger partial charge is 0.378 e. The number of ether oxygens (including phenoxy) is 1. The van der Waals surface area contributed by atoms with Gasteiger partial charge >= 0.3 is 0 Å². The van der Waals surface area contributed by atoms with Crippen LogP contribution in [0, 0.1) is 5.92 Å². The van der Waals surface area contributed by atoms with Crippen LogP contribution < -0.4 is 10.2 Å². The number of nitrogens with zero attached hydrogens (tertiary/aromatic N) is 2. The first-order valence-corrected chi connectivity index (χ1v) is 9.65. The highest BCUT2D eigenvalue weighted by molar-refractivity contribution is 5.94. The Bertz CT molecular complexity index is 540. The van der Waals surface area contributed by atoms with Gasteiger partial charge in [0.2, 0.25) is 0 Å². The van der Waals surface area contributed by atoms with E-state index in [0.717, 1.165) is 57.3 Å². The Balaban J connectivity index is 1.39. The minimum absolute atomic E-state index is 0.0283. The predicted octanol–water partition coefficient (Wildman–Crippen LogP) is 2.38. The zero-order valence-electron chi connectivity index (χ0n) is 15.4. The molecule has 0 bridgehead atoms. The molecule has 1 aromatic carbocycles. The summed E-state index contributed by atoms with van der Waals surface area (Å²) in [7, 11) is 0. The third-order valence-electron chi connectivity index (χ3n) is 5.18. The summed E-state index contributed by atoms with van der Waals surface area (Å²) in [5.74, 6) is 0.842. The summed E-state index contributed by atoms with van der Waals surface area (Å²) >= 11 is 0. The van der Waals surface area contributed by atoms with E-state index in [1.807, 2.05) is 24.3 Å². The molecular formula is C20H31N3O2. The van der Waals surface area contributed by atoms with Crippen LogP contribution in [0.2, 0.25) is 0 Å². The Hall–Kier alpha value is -1.59. The number of rotatable bonds is 6. The Labute approximate surface area is 151 Å². The van der Waals surface area contributed by atoms with E-state index < -0.39 is 0 Å². The van der Waals surface area contributed by atoms with Crippen molar-refractivity contribution in [2.24, 2.45) is 5.92 Å². The van der Waals surface area contributed by atoms with Crippen molar-refractivity contribution in [2.45, 2.75) is 26.2 Å². The number of likely N-dealkylation sites (tertiary alicyclic amines) is 1. The maximum atomic E-state index is 12.3. The fraction of sp³-hybridized carbons (Fsp3) is 0.650. The van der Waals surface area contributed by atoms with Crippen LogP contribution in [0.25, 0.3) is 0 Å². The number of nitrogens with one attached hydrogen (secondary N) is 1. The summed E-state index contributed by atoms with van der Waals surface area (Å²) < 4.78 is 5.38. The number of hydrogen-bond donors (Lipinski definition) is 1. The summed E-state index contributed by atoms with van der Waals surface area (Å²) in [4.78, 5) is 17.1. The highest BCUT2D eigenvalue weighted by Gasteiger charge is 2.16. The third-order valence-corrected chi connectivity index (χ3v) is 5.18. The van der Waals surface area contributed by atoms with E-state index in [9.17, 15) is 4.79 Å². The molecule has 0 aromatic heterocycles. The molecule has 2 heterocycles. The average molecular weight is 345 g/mol. The zero-order chi connectivity index (χ0) is 17.5. The van der Waals surface area contributed by atoms with Gasteiger partial charge < -0.3 is 19.9 Å². The Kier molecular flexibility index (Phi) is 6.70. The fourth-order valence-corrected chi connectivity index (χ4v) is 3.74. The van der Waals surface area contributed by atoms with Crippen LogP contribution in [-0.2, 0) is 4.74 Å². The molecule has 1 atom stereocenters. The van der Waals surface area contributed by atoms with E-state index in [1.165, 1.54) is 31.6 Å². The van der Waals surface area contributed by atoms with Gasteiger partial charge in [0.15, 0.2) is 0 Å². The molecule has 2 aliphatic rings. The lowest BCUT2D eigenvalue weighted by Gasteiger charge is -2.30. The monoisotopic (exact) mass is 345 g/mol. The number of carbonyl (C=O) groups excluding carboxylic acids is 1. The van der Waals surface area contributed by atoms with Gasteiger partial charge in [0.1, 0.15) is 0 Å². The molecule has 25 heavy (non-hydrogen) atoms. The van der Waals surface area contributed by atoms with Crippen LogP contribution in [-0.4, -0.2) is 63.3 Å². The van der Waals surface area contributed by atoms with Gasteiger partial charge in [0.25, 0.3) is 5.91 Å². The minimum atomic E-state index is 0.0283. The molecule has 1 aromatic rings. The number of hydrogen-bond acceptors (Lipinski definition) is 4. The Morgan fingerprint density at radius 2 is 1.96 bits per heavy atom. The number of morpholine rings is 1. The Morgan fingerprint density at radius 3 is 2.68 bits per heavy atom. The predicted molar refractivity (Wildman–Crippen MR) is 101 cm³/mol. The third kappa shape index (κ3) is 5.44. The molecule has 1 amide bonds. The van der Waals surface area contributed by atoms with Crippen LogP contribution in [0.5, 0.6) is 0 Å². The summed E-state index contributed by atoms with van der Waals surface area (Å²) in [6, 6.07) is 7.92. The van der Waals surface area contributed by atoms with Gasteiger partial charge in [-0.2, -0.15) is 0 Å². The molecule has 2 fully saturated rings. The van der Waals surface area contributed by atoms with Crippen molar-refractivity contribution in [3.8, 4) is 0 Å². The normalized spacial score (nSPS) is 22.0. The van der Waals surface area contributed by atoms with E-state index in [1.54, 1.807) is 0 Å². The van der Waals surface area contributed by atoms with Crippen molar-refractivity contribution in [1.82, 2.24) is 10.2 Å². The average Bonchev–Trinajstić information content (AvgIpc) is 2.66. The topological polar surface area (TPSA) is 44.8 Å². The molecule has 3 rings (SSSR count). The number of benzene rings is 1. The summed E-state index contributed by atoms with van der Waals surface area (Å²) in [6.45, 7) is 9.96. The van der Waals surface area contributed by atoms with Gasteiger partial charge in [0.05, 0.1) is 13.2 Å². The van der Waals surface area contributed by atoms with E-state index in [0.29, 0.717) is 0 Å². The van der Waals surface area contributed by atoms with Gasteiger partial charge in [-0.25, -0.2) is 0 Å². The molecule has 5 nitrogen and oxygen atoms in total. The summed E-state index contributed by atoms with van der Waals surface area (Å²) in [6.07, 6.45) is 3.68. The van der Waals surface area contributed by atoms with Crippen LogP contribution in [0.3, 0.4) is 0 Å². The standard InChI is InChI=1S/C20H31N3O2/c1-17-4-2-10-22(16-17)11-3-9-21-20(24)18-5-7-19(8-6-18)23-12-14-25-15-13-23/h5-8,17H,2-4,9-16H2,1H3,(H,21,24)/t17-/m0/s1. The molecule has 1 N–H and O–H groups in total. The smallest absolute Gasteiger partial charge is 0.251 e. The zero-order valence-corrected chi connectivity index (χ0v) is 15.4. The molecule has 0 radical (unpaired) electrons. The highest BCUT2D eigenvalue weighted by Crippen LogP contribution is 2.17. The first kappa shape index (κ1) is 18.2. The van der Waals surface area contributed by atoms with Crippen LogP contribution >= 0.6 is 0 Å². The second-order valence-corrected chi connectivity index (χ2v) is 7.30. The lowest BCUT2D eigenvalue weighted by atomic mass is 10.0. The van der Waals surface area contributed by atoms with Crippen molar-refractivity contribution < 1.29 is 9.53 Å². The molecule has 0 saturated carbocycles. The molecule has 0 spiro atoms. The first-order chi connectivity index (χ1) is 12.2. The van der Waals surface area contributed by atoms with E-state index >= 15 is 0 Å². The van der Waals surface area contributed by atoms with Gasteiger partial charge in [-0.3, -0.25) is 4.79 Å². The maximum Gasteiger partial charge on any atom is 0.251 e. The summed E-state index contributed by atoms with van der Waals surface area (Å²) in [5.41, 5.74) is 1.91. The van der Waals surface area contributed by atoms with Gasteiger partial charge in [0, 0.05) is 37.4 Å². The molecule has 2 saturated heterocycles. The van der Waals surface area contributed by atoms with E-state index in [4.69, 9.17) is 4.74 Å². The number of anilines is 1. The Morgan fingerprint density at radius 1 is 1.20 bits per heavy atom. The highest BCUT2D eigenvalue weighted by atomic mass is 16.5. The number of piperidine rings is 1. The second kappa shape index (κ2) is 9.20. The van der Waals surface area contributed by atoms with E-state index in [2.05, 4.69) is 22.0 Å². The molecule has 0 aliphatic carbocycles. The quantitative estimate of drug-likeness (QED) is 0.804. The van der Waals surface area contributed by atoms with E-state index in [-0.39, 0.29) is 5.91 Å². The van der Waals surface area contributed by atoms with Crippen molar-refractivity contribution in [2.75, 3.05) is 57.4 Å². The number of carbonyl (C=O) groups is 1. The lowest BCUT2D eigenvalue weighted by molar-refractivity contribution is 0.0950. The number of amides is 1.